The molecular weight excluding hydrogens is 423 g/mol. The van der Waals surface area contributed by atoms with Crippen LogP contribution in [-0.2, 0) is 12.3 Å². The molecule has 4 aromatic rings. The fraction of sp³-hybridized carbons (Fsp3) is 0.130. The van der Waals surface area contributed by atoms with Crippen molar-refractivity contribution in [1.29, 1.82) is 0 Å². The Morgan fingerprint density at radius 3 is 2.73 bits per heavy atom. The Hall–Kier alpha value is -2.83. The summed E-state index contributed by atoms with van der Waals surface area (Å²) in [6, 6.07) is 19.2. The Labute approximate surface area is 182 Å². The van der Waals surface area contributed by atoms with Gasteiger partial charge in [-0.2, -0.15) is 0 Å². The molecule has 4 rings (SSSR count). The molecule has 0 radical (unpaired) electrons. The van der Waals surface area contributed by atoms with Crippen molar-refractivity contribution in [3.05, 3.63) is 99.1 Å². The molecule has 0 bridgehead atoms. The minimum Gasteiger partial charge on any atom is -0.497 e. The second-order valence-electron chi connectivity index (χ2n) is 6.68. The highest BCUT2D eigenvalue weighted by atomic mass is 35.5. The molecule has 4 nitrogen and oxygen atoms in total. The third-order valence-corrected chi connectivity index (χ3v) is 6.05. The van der Waals surface area contributed by atoms with Gasteiger partial charge in [0, 0.05) is 10.8 Å². The SMILES string of the molecule is COc1cccc(Cn2c(SCc3ccc(F)cc3Cl)nc3ccccc3c2=O)c1. The molecule has 0 amide bonds. The van der Waals surface area contributed by atoms with E-state index in [1.165, 1.54) is 23.9 Å². The van der Waals surface area contributed by atoms with Gasteiger partial charge in [-0.25, -0.2) is 9.37 Å². The first-order valence-electron chi connectivity index (χ1n) is 9.24. The molecule has 3 aromatic carbocycles. The first kappa shape index (κ1) is 20.4. The van der Waals surface area contributed by atoms with E-state index in [1.807, 2.05) is 42.5 Å². The second kappa shape index (κ2) is 8.90. The lowest BCUT2D eigenvalue weighted by molar-refractivity contribution is 0.414. The normalized spacial score (nSPS) is 11.0. The van der Waals surface area contributed by atoms with Crippen molar-refractivity contribution in [1.82, 2.24) is 9.55 Å². The molecular formula is C23H18ClFN2O2S. The highest BCUT2D eigenvalue weighted by molar-refractivity contribution is 7.98. The maximum atomic E-state index is 13.3. The minimum atomic E-state index is -0.382. The number of halogens is 2. The molecule has 0 spiro atoms. The molecule has 0 saturated heterocycles. The monoisotopic (exact) mass is 440 g/mol. The summed E-state index contributed by atoms with van der Waals surface area (Å²) < 4.78 is 20.3. The number of fused-ring (bicyclic) bond motifs is 1. The van der Waals surface area contributed by atoms with E-state index in [0.29, 0.717) is 33.4 Å². The summed E-state index contributed by atoms with van der Waals surface area (Å²) in [7, 11) is 1.61. The van der Waals surface area contributed by atoms with Gasteiger partial charge in [0.15, 0.2) is 5.16 Å². The molecule has 0 aliphatic carbocycles. The molecule has 0 atom stereocenters. The molecule has 7 heteroatoms. The van der Waals surface area contributed by atoms with Crippen LogP contribution in [0.25, 0.3) is 10.9 Å². The second-order valence-corrected chi connectivity index (χ2v) is 8.03. The lowest BCUT2D eigenvalue weighted by atomic mass is 10.2. The molecule has 0 saturated carbocycles. The Balaban J connectivity index is 1.74. The number of benzene rings is 3. The van der Waals surface area contributed by atoms with E-state index >= 15 is 0 Å². The Morgan fingerprint density at radius 2 is 1.93 bits per heavy atom. The van der Waals surface area contributed by atoms with Crippen LogP contribution < -0.4 is 10.3 Å². The number of hydrogen-bond donors (Lipinski definition) is 0. The Bertz CT molecular complexity index is 1280. The van der Waals surface area contributed by atoms with Crippen LogP contribution in [0.2, 0.25) is 5.02 Å². The predicted molar refractivity (Wildman–Crippen MR) is 119 cm³/mol. The first-order valence-corrected chi connectivity index (χ1v) is 10.6. The zero-order valence-electron chi connectivity index (χ0n) is 16.1. The summed E-state index contributed by atoms with van der Waals surface area (Å²) in [5.41, 5.74) is 2.22. The zero-order chi connectivity index (χ0) is 21.1. The van der Waals surface area contributed by atoms with Crippen molar-refractivity contribution in [3.8, 4) is 5.75 Å². The summed E-state index contributed by atoms with van der Waals surface area (Å²) >= 11 is 7.56. The van der Waals surface area contributed by atoms with Crippen LogP contribution in [0.5, 0.6) is 5.75 Å². The van der Waals surface area contributed by atoms with Crippen molar-refractivity contribution in [2.24, 2.45) is 0 Å². The highest BCUT2D eigenvalue weighted by Gasteiger charge is 2.13. The number of rotatable bonds is 6. The van der Waals surface area contributed by atoms with E-state index in [1.54, 1.807) is 23.8 Å². The van der Waals surface area contributed by atoms with Crippen molar-refractivity contribution in [3.63, 3.8) is 0 Å². The summed E-state index contributed by atoms with van der Waals surface area (Å²) in [4.78, 5) is 17.9. The Morgan fingerprint density at radius 1 is 1.10 bits per heavy atom. The van der Waals surface area contributed by atoms with Gasteiger partial charge in [0.25, 0.3) is 5.56 Å². The number of para-hydroxylation sites is 1. The van der Waals surface area contributed by atoms with E-state index < -0.39 is 0 Å². The van der Waals surface area contributed by atoms with Crippen LogP contribution >= 0.6 is 23.4 Å². The van der Waals surface area contributed by atoms with Crippen LogP contribution in [0.1, 0.15) is 11.1 Å². The van der Waals surface area contributed by atoms with Gasteiger partial charge in [0.2, 0.25) is 0 Å². The summed E-state index contributed by atoms with van der Waals surface area (Å²) in [5, 5.41) is 1.48. The van der Waals surface area contributed by atoms with Crippen LogP contribution in [-0.4, -0.2) is 16.7 Å². The molecule has 1 heterocycles. The molecule has 30 heavy (non-hydrogen) atoms. The maximum Gasteiger partial charge on any atom is 0.262 e. The molecule has 0 N–H and O–H groups in total. The van der Waals surface area contributed by atoms with Crippen LogP contribution in [0.15, 0.2) is 76.7 Å². The van der Waals surface area contributed by atoms with E-state index in [4.69, 9.17) is 21.3 Å². The third kappa shape index (κ3) is 4.35. The van der Waals surface area contributed by atoms with Crippen molar-refractivity contribution >= 4 is 34.3 Å². The summed E-state index contributed by atoms with van der Waals surface area (Å²) in [6.45, 7) is 0.355. The van der Waals surface area contributed by atoms with Crippen LogP contribution in [0, 0.1) is 5.82 Å². The van der Waals surface area contributed by atoms with Gasteiger partial charge in [-0.3, -0.25) is 9.36 Å². The molecule has 0 fully saturated rings. The van der Waals surface area contributed by atoms with Gasteiger partial charge in [0.1, 0.15) is 11.6 Å². The standard InChI is InChI=1S/C23H18ClFN2O2S/c1-29-18-6-4-5-15(11-18)13-27-22(28)19-7-2-3-8-21(19)26-23(27)30-14-16-9-10-17(25)12-20(16)24/h2-12H,13-14H2,1H3. The number of methoxy groups -OCH3 is 1. The van der Waals surface area contributed by atoms with E-state index in [0.717, 1.165) is 16.9 Å². The van der Waals surface area contributed by atoms with Crippen LogP contribution in [0.4, 0.5) is 4.39 Å². The number of thioether (sulfide) groups is 1. The molecule has 0 unspecified atom stereocenters. The predicted octanol–water partition coefficient (Wildman–Crippen LogP) is 5.54. The van der Waals surface area contributed by atoms with Gasteiger partial charge >= 0.3 is 0 Å². The summed E-state index contributed by atoms with van der Waals surface area (Å²) in [5.74, 6) is 0.802. The number of aromatic nitrogens is 2. The maximum absolute atomic E-state index is 13.3. The van der Waals surface area contributed by atoms with Crippen LogP contribution in [0.3, 0.4) is 0 Å². The van der Waals surface area contributed by atoms with Gasteiger partial charge in [0.05, 0.1) is 24.6 Å². The Kier molecular flexibility index (Phi) is 6.06. The number of hydrogen-bond acceptors (Lipinski definition) is 4. The smallest absolute Gasteiger partial charge is 0.262 e. The molecule has 0 aliphatic rings. The average molecular weight is 441 g/mol. The molecule has 152 valence electrons. The van der Waals surface area contributed by atoms with Gasteiger partial charge < -0.3 is 4.74 Å². The largest absolute Gasteiger partial charge is 0.497 e. The van der Waals surface area contributed by atoms with Crippen molar-refractivity contribution in [2.75, 3.05) is 7.11 Å². The molecule has 1 aromatic heterocycles. The first-order chi connectivity index (χ1) is 14.5. The van der Waals surface area contributed by atoms with Gasteiger partial charge in [-0.15, -0.1) is 0 Å². The fourth-order valence-electron chi connectivity index (χ4n) is 3.13. The number of ether oxygens (including phenoxy) is 1. The number of nitrogens with zero attached hydrogens (tertiary/aromatic N) is 2. The highest BCUT2D eigenvalue weighted by Crippen LogP contribution is 2.27. The third-order valence-electron chi connectivity index (χ3n) is 4.67. The average Bonchev–Trinajstić information content (AvgIpc) is 2.75. The lowest BCUT2D eigenvalue weighted by Crippen LogP contribution is -2.24. The lowest BCUT2D eigenvalue weighted by Gasteiger charge is -2.14. The summed E-state index contributed by atoms with van der Waals surface area (Å²) in [6.07, 6.45) is 0. The van der Waals surface area contributed by atoms with Gasteiger partial charge in [-0.1, -0.05) is 53.7 Å². The molecule has 0 aliphatic heterocycles. The quantitative estimate of drug-likeness (QED) is 0.292. The van der Waals surface area contributed by atoms with E-state index in [-0.39, 0.29) is 11.4 Å². The fourth-order valence-corrected chi connectivity index (χ4v) is 4.45. The van der Waals surface area contributed by atoms with E-state index in [9.17, 15) is 9.18 Å². The van der Waals surface area contributed by atoms with Gasteiger partial charge in [-0.05, 0) is 47.5 Å². The van der Waals surface area contributed by atoms with Crippen molar-refractivity contribution in [2.45, 2.75) is 17.5 Å². The van der Waals surface area contributed by atoms with Crippen molar-refractivity contribution < 1.29 is 9.13 Å². The van der Waals surface area contributed by atoms with E-state index in [2.05, 4.69) is 0 Å². The zero-order valence-corrected chi connectivity index (χ0v) is 17.7. The topological polar surface area (TPSA) is 44.1 Å². The minimum absolute atomic E-state index is 0.115.